The summed E-state index contributed by atoms with van der Waals surface area (Å²) in [6.07, 6.45) is 3.64. The minimum Gasteiger partial charge on any atom is -0.327 e. The van der Waals surface area contributed by atoms with Crippen molar-refractivity contribution in [1.29, 1.82) is 0 Å². The molecule has 12 heavy (non-hydrogen) atoms. The van der Waals surface area contributed by atoms with Crippen LogP contribution >= 0.6 is 0 Å². The van der Waals surface area contributed by atoms with Crippen LogP contribution < -0.4 is 5.73 Å². The van der Waals surface area contributed by atoms with Gasteiger partial charge in [0.25, 0.3) is 0 Å². The van der Waals surface area contributed by atoms with E-state index in [2.05, 4.69) is 0 Å². The molecular weight excluding hydrogens is 160 g/mol. The first-order valence-electron chi connectivity index (χ1n) is 4.27. The van der Waals surface area contributed by atoms with Crippen molar-refractivity contribution in [3.8, 4) is 0 Å². The van der Waals surface area contributed by atoms with Crippen molar-refractivity contribution in [3.63, 3.8) is 0 Å². The fourth-order valence-corrected chi connectivity index (χ4v) is 0.822. The molecule has 0 radical (unpaired) electrons. The van der Waals surface area contributed by atoms with Crippen LogP contribution in [0.5, 0.6) is 0 Å². The maximum atomic E-state index is 12.2. The zero-order valence-corrected chi connectivity index (χ0v) is 8.11. The third-order valence-electron chi connectivity index (χ3n) is 1.40. The van der Waals surface area contributed by atoms with Gasteiger partial charge in [-0.15, -0.1) is 0 Å². The maximum absolute atomic E-state index is 12.2. The molecule has 1 aliphatic carbocycles. The van der Waals surface area contributed by atoms with Crippen molar-refractivity contribution in [1.82, 2.24) is 0 Å². The molecule has 0 spiro atoms. The Morgan fingerprint density at radius 2 is 1.92 bits per heavy atom. The van der Waals surface area contributed by atoms with Gasteiger partial charge in [0.2, 0.25) is 0 Å². The molecule has 0 amide bonds. The van der Waals surface area contributed by atoms with Gasteiger partial charge in [0.15, 0.2) is 0 Å². The average Bonchev–Trinajstić information content (AvgIpc) is 2.17. The van der Waals surface area contributed by atoms with Gasteiger partial charge in [0, 0.05) is 12.5 Å². The molecule has 0 fully saturated rings. The lowest BCUT2D eigenvalue weighted by molar-refractivity contribution is 0.495. The fourth-order valence-electron chi connectivity index (χ4n) is 0.822. The Bertz CT molecular complexity index is 113. The topological polar surface area (TPSA) is 26.0 Å². The molecule has 3 heteroatoms. The van der Waals surface area contributed by atoms with E-state index >= 15 is 0 Å². The standard InChI is InChI=1S/C6H10FN.C2H6.CH3F/c7-5-1-3-6(8)4-2-5;2*1-2/h1,6H,2-4,8H2;1-2H3;1H3. The predicted molar refractivity (Wildman–Crippen MR) is 49.4 cm³/mol. The number of alkyl halides is 1. The van der Waals surface area contributed by atoms with Gasteiger partial charge in [-0.05, 0) is 12.8 Å². The van der Waals surface area contributed by atoms with Gasteiger partial charge in [0.1, 0.15) is 0 Å². The quantitative estimate of drug-likeness (QED) is 0.608. The Balaban J connectivity index is 0. The van der Waals surface area contributed by atoms with Crippen molar-refractivity contribution < 1.29 is 8.78 Å². The predicted octanol–water partition coefficient (Wildman–Crippen LogP) is 2.96. The minimum absolute atomic E-state index is 0.00620. The van der Waals surface area contributed by atoms with Crippen LogP contribution in [0.25, 0.3) is 0 Å². The zero-order chi connectivity index (χ0) is 9.98. The summed E-state index contributed by atoms with van der Waals surface area (Å²) in [7, 11) is 0.500. The molecular formula is C9H19F2N. The Labute approximate surface area is 73.6 Å². The summed E-state index contributed by atoms with van der Waals surface area (Å²) in [6, 6.07) is 0.203. The van der Waals surface area contributed by atoms with Crippen LogP contribution in [-0.2, 0) is 0 Å². The van der Waals surface area contributed by atoms with Crippen molar-refractivity contribution in [2.24, 2.45) is 5.73 Å². The largest absolute Gasteiger partial charge is 0.327 e. The van der Waals surface area contributed by atoms with Crippen LogP contribution in [0.1, 0.15) is 33.1 Å². The third-order valence-corrected chi connectivity index (χ3v) is 1.40. The van der Waals surface area contributed by atoms with E-state index in [1.165, 1.54) is 0 Å². The Morgan fingerprint density at radius 3 is 2.17 bits per heavy atom. The normalized spacial score (nSPS) is 20.8. The monoisotopic (exact) mass is 179 g/mol. The van der Waals surface area contributed by atoms with Crippen molar-refractivity contribution in [3.05, 3.63) is 11.9 Å². The summed E-state index contributed by atoms with van der Waals surface area (Å²) in [5, 5.41) is 0. The molecule has 0 aromatic carbocycles. The summed E-state index contributed by atoms with van der Waals surface area (Å²) in [4.78, 5) is 0. The summed E-state index contributed by atoms with van der Waals surface area (Å²) in [5.74, 6) is 0.00620. The molecule has 1 atom stereocenters. The van der Waals surface area contributed by atoms with E-state index < -0.39 is 0 Å². The van der Waals surface area contributed by atoms with Gasteiger partial charge >= 0.3 is 0 Å². The average molecular weight is 179 g/mol. The Kier molecular flexibility index (Phi) is 12.4. The number of rotatable bonds is 0. The summed E-state index contributed by atoms with van der Waals surface area (Å²) in [5.41, 5.74) is 5.49. The smallest absolute Gasteiger partial charge is 0.0961 e. The fraction of sp³-hybridized carbons (Fsp3) is 0.778. The molecule has 1 unspecified atom stereocenters. The van der Waals surface area contributed by atoms with Crippen molar-refractivity contribution in [2.75, 3.05) is 7.18 Å². The number of halogens is 2. The molecule has 0 saturated heterocycles. The summed E-state index contributed by atoms with van der Waals surface area (Å²) < 4.78 is 21.7. The molecule has 1 aliphatic rings. The van der Waals surface area contributed by atoms with E-state index in [0.29, 0.717) is 20.0 Å². The summed E-state index contributed by atoms with van der Waals surface area (Å²) in [6.45, 7) is 4.00. The summed E-state index contributed by atoms with van der Waals surface area (Å²) >= 11 is 0. The molecule has 0 aromatic rings. The lowest BCUT2D eigenvalue weighted by Crippen LogP contribution is -2.20. The van der Waals surface area contributed by atoms with Crippen LogP contribution in [-0.4, -0.2) is 13.2 Å². The van der Waals surface area contributed by atoms with Crippen LogP contribution in [0.15, 0.2) is 11.9 Å². The van der Waals surface area contributed by atoms with Crippen LogP contribution in [0.2, 0.25) is 0 Å². The maximum Gasteiger partial charge on any atom is 0.0961 e. The van der Waals surface area contributed by atoms with Gasteiger partial charge in [0.05, 0.1) is 13.0 Å². The number of nitrogens with two attached hydrogens (primary N) is 1. The van der Waals surface area contributed by atoms with Crippen molar-refractivity contribution >= 4 is 0 Å². The SMILES string of the molecule is CC.CF.NC1CC=C(F)CC1. The van der Waals surface area contributed by atoms with E-state index in [9.17, 15) is 8.78 Å². The van der Waals surface area contributed by atoms with Gasteiger partial charge in [-0.25, -0.2) is 4.39 Å². The minimum atomic E-state index is 0.00620. The van der Waals surface area contributed by atoms with E-state index in [1.807, 2.05) is 13.8 Å². The Hall–Kier alpha value is -0.440. The Morgan fingerprint density at radius 1 is 1.42 bits per heavy atom. The van der Waals surface area contributed by atoms with Crippen molar-refractivity contribution in [2.45, 2.75) is 39.2 Å². The van der Waals surface area contributed by atoms with E-state index in [4.69, 9.17) is 5.73 Å². The highest BCUT2D eigenvalue weighted by molar-refractivity contribution is 4.98. The van der Waals surface area contributed by atoms with E-state index in [0.717, 1.165) is 6.42 Å². The van der Waals surface area contributed by atoms with E-state index in [1.54, 1.807) is 6.08 Å². The molecule has 0 aliphatic heterocycles. The highest BCUT2D eigenvalue weighted by atomic mass is 19.1. The van der Waals surface area contributed by atoms with Gasteiger partial charge in [-0.1, -0.05) is 19.9 Å². The zero-order valence-electron chi connectivity index (χ0n) is 8.11. The third kappa shape index (κ3) is 7.66. The number of allylic oxidation sites excluding steroid dienone is 1. The van der Waals surface area contributed by atoms with Gasteiger partial charge in [-0.2, -0.15) is 0 Å². The molecule has 2 N–H and O–H groups in total. The van der Waals surface area contributed by atoms with Crippen LogP contribution in [0, 0.1) is 0 Å². The second-order valence-corrected chi connectivity index (χ2v) is 2.19. The van der Waals surface area contributed by atoms with Crippen LogP contribution in [0.4, 0.5) is 8.78 Å². The first-order chi connectivity index (χ1) is 5.79. The van der Waals surface area contributed by atoms with Gasteiger partial charge in [-0.3, -0.25) is 4.39 Å². The van der Waals surface area contributed by atoms with Crippen LogP contribution in [0.3, 0.4) is 0 Å². The first kappa shape index (κ1) is 14.1. The lowest BCUT2D eigenvalue weighted by atomic mass is 10.0. The van der Waals surface area contributed by atoms with Gasteiger partial charge < -0.3 is 5.73 Å². The first-order valence-corrected chi connectivity index (χ1v) is 4.27. The van der Waals surface area contributed by atoms with E-state index in [-0.39, 0.29) is 11.9 Å². The second-order valence-electron chi connectivity index (χ2n) is 2.19. The number of hydrogen-bond donors (Lipinski definition) is 1. The molecule has 1 nitrogen and oxygen atoms in total. The molecule has 0 bridgehead atoms. The molecule has 74 valence electrons. The highest BCUT2D eigenvalue weighted by Gasteiger charge is 2.08. The molecule has 0 heterocycles. The lowest BCUT2D eigenvalue weighted by Gasteiger charge is -2.12. The molecule has 0 aromatic heterocycles. The molecule has 1 rings (SSSR count). The molecule has 0 saturated carbocycles. The number of hydrogen-bond acceptors (Lipinski definition) is 1. The second kappa shape index (κ2) is 10.6. The highest BCUT2D eigenvalue weighted by Crippen LogP contribution is 2.16.